The van der Waals surface area contributed by atoms with Crippen LogP contribution in [0.15, 0.2) is 218 Å². The van der Waals surface area contributed by atoms with E-state index >= 15 is 0 Å². The molecule has 74 heavy (non-hydrogen) atoms. The first kappa shape index (κ1) is 44.1. The van der Waals surface area contributed by atoms with Crippen LogP contribution in [-0.2, 0) is 0 Å². The minimum atomic E-state index is -0.0505. The molecule has 4 bridgehead atoms. The highest BCUT2D eigenvalue weighted by Crippen LogP contribution is 2.49. The molecule has 1 atom stereocenters. The molecule has 352 valence electrons. The van der Waals surface area contributed by atoms with Crippen molar-refractivity contribution in [3.63, 3.8) is 0 Å². The fraction of sp³-hybridized carbons (Fsp3) is 0.0857. The normalized spacial score (nSPS) is 14.4. The minimum Gasteiger partial charge on any atom is -0.329 e. The van der Waals surface area contributed by atoms with Crippen LogP contribution in [0.4, 0.5) is 11.4 Å². The van der Waals surface area contributed by atoms with E-state index in [-0.39, 0.29) is 6.04 Å². The summed E-state index contributed by atoms with van der Waals surface area (Å²) in [6.45, 7) is 11.0. The molecule has 9 aromatic carbocycles. The summed E-state index contributed by atoms with van der Waals surface area (Å²) in [4.78, 5) is 9.44. The summed E-state index contributed by atoms with van der Waals surface area (Å²) < 4.78 is 2.56. The molecule has 0 fully saturated rings. The summed E-state index contributed by atoms with van der Waals surface area (Å²) in [6.07, 6.45) is 7.26. The Kier molecular flexibility index (Phi) is 10.3. The van der Waals surface area contributed by atoms with E-state index in [9.17, 15) is 0 Å². The molecule has 2 aromatic heterocycles. The van der Waals surface area contributed by atoms with E-state index in [1.54, 1.807) is 0 Å². The van der Waals surface area contributed by atoms with Crippen molar-refractivity contribution in [1.29, 1.82) is 0 Å². The Morgan fingerprint density at radius 2 is 1.00 bits per heavy atom. The lowest BCUT2D eigenvalue weighted by atomic mass is 9.91. The van der Waals surface area contributed by atoms with E-state index in [0.717, 1.165) is 36.1 Å². The Labute approximate surface area is 434 Å². The fourth-order valence-corrected chi connectivity index (χ4v) is 13.0. The molecule has 0 amide bonds. The van der Waals surface area contributed by atoms with Crippen LogP contribution in [0, 0.1) is 39.6 Å². The molecule has 4 heteroatoms. The maximum Gasteiger partial charge on any atom is 0.0916 e. The van der Waals surface area contributed by atoms with Crippen molar-refractivity contribution in [2.45, 2.75) is 40.7 Å². The number of rotatable bonds is 6. The molecule has 14 rings (SSSR count). The molecule has 1 aliphatic carbocycles. The maximum absolute atomic E-state index is 5.55. The maximum atomic E-state index is 5.55. The van der Waals surface area contributed by atoms with E-state index in [4.69, 9.17) is 4.98 Å². The number of benzene rings is 9. The number of nitrogens with zero attached hydrogens (tertiary/aromatic N) is 3. The number of pyridine rings is 1. The molecular weight excluding hydrogens is 914 g/mol. The van der Waals surface area contributed by atoms with Crippen molar-refractivity contribution < 1.29 is 0 Å². The topological polar surface area (TPSA) is 21.1 Å². The fourth-order valence-electron chi connectivity index (χ4n) is 11.9. The molecule has 2 aliphatic heterocycles. The molecule has 0 radical (unpaired) electrons. The average molecular weight is 966 g/mol. The standard InChI is InChI=1S/C70H52N3P/c1-42-13-9-19-48(29-42)51-23-26-62-57(35-51)58-36-52(49-20-10-14-43(2)30-49)24-27-63(58)72(62)66-33-46(5)34-67-70(66)55-38-61(47-17-7-6-8-18-47)71-69(39-55)74-68-41-65-60(40-56(68)54-22-12-16-45(4)32-54)59-37-53(25-28-64(59)73(65)67)50-21-11-15-44(3)31-50/h6-41,64H,1-5H3. The third-order valence-corrected chi connectivity index (χ3v) is 16.4. The molecule has 0 saturated carbocycles. The van der Waals surface area contributed by atoms with E-state index in [1.807, 2.05) is 0 Å². The van der Waals surface area contributed by atoms with Crippen LogP contribution >= 0.6 is 8.20 Å². The van der Waals surface area contributed by atoms with E-state index in [1.165, 1.54) is 127 Å². The first-order valence-electron chi connectivity index (χ1n) is 25.7. The zero-order valence-corrected chi connectivity index (χ0v) is 43.0. The molecule has 4 heterocycles. The van der Waals surface area contributed by atoms with Crippen LogP contribution in [0.3, 0.4) is 0 Å². The van der Waals surface area contributed by atoms with Gasteiger partial charge in [0.2, 0.25) is 0 Å². The Morgan fingerprint density at radius 1 is 0.432 bits per heavy atom. The van der Waals surface area contributed by atoms with Gasteiger partial charge in [-0.25, -0.2) is 4.98 Å². The largest absolute Gasteiger partial charge is 0.329 e. The third-order valence-electron chi connectivity index (χ3n) is 15.3. The smallest absolute Gasteiger partial charge is 0.0916 e. The van der Waals surface area contributed by atoms with Gasteiger partial charge in [-0.05, 0) is 171 Å². The van der Waals surface area contributed by atoms with Gasteiger partial charge in [0.25, 0.3) is 0 Å². The highest BCUT2D eigenvalue weighted by atomic mass is 31.1. The second-order valence-electron chi connectivity index (χ2n) is 20.6. The van der Waals surface area contributed by atoms with Gasteiger partial charge in [0, 0.05) is 32.1 Å². The Bertz CT molecular complexity index is 4280. The second kappa shape index (κ2) is 17.3. The van der Waals surface area contributed by atoms with Crippen LogP contribution in [0.1, 0.15) is 33.4 Å². The Morgan fingerprint density at radius 3 is 1.65 bits per heavy atom. The van der Waals surface area contributed by atoms with Crippen molar-refractivity contribution in [1.82, 2.24) is 9.55 Å². The van der Waals surface area contributed by atoms with Crippen molar-refractivity contribution >= 4 is 58.0 Å². The number of allylic oxidation sites excluding steroid dienone is 2. The summed E-state index contributed by atoms with van der Waals surface area (Å²) in [6, 6.07) is 75.1. The van der Waals surface area contributed by atoms with Crippen molar-refractivity contribution in [2.24, 2.45) is 0 Å². The molecule has 0 N–H and O–H groups in total. The molecule has 0 saturated heterocycles. The quantitative estimate of drug-likeness (QED) is 0.155. The van der Waals surface area contributed by atoms with Gasteiger partial charge in [0.05, 0.1) is 45.3 Å². The average Bonchev–Trinajstić information content (AvgIpc) is 3.94. The lowest BCUT2D eigenvalue weighted by Crippen LogP contribution is -2.28. The zero-order valence-electron chi connectivity index (χ0n) is 42.2. The number of fused-ring (bicyclic) bond motifs is 11. The number of anilines is 2. The first-order chi connectivity index (χ1) is 36.2. The zero-order chi connectivity index (χ0) is 49.8. The third kappa shape index (κ3) is 7.41. The number of aryl methyl sites for hydroxylation is 5. The van der Waals surface area contributed by atoms with Crippen molar-refractivity contribution in [2.75, 3.05) is 4.90 Å². The van der Waals surface area contributed by atoms with Crippen molar-refractivity contribution in [3.05, 3.63) is 262 Å². The highest BCUT2D eigenvalue weighted by molar-refractivity contribution is 7.38. The van der Waals surface area contributed by atoms with E-state index in [0.29, 0.717) is 0 Å². The van der Waals surface area contributed by atoms with Gasteiger partial charge in [0.15, 0.2) is 0 Å². The lowest BCUT2D eigenvalue weighted by Gasteiger charge is -2.33. The van der Waals surface area contributed by atoms with E-state index < -0.39 is 0 Å². The Balaban J connectivity index is 1.10. The van der Waals surface area contributed by atoms with Gasteiger partial charge in [-0.1, -0.05) is 174 Å². The Hall–Kier alpha value is -8.62. The van der Waals surface area contributed by atoms with Gasteiger partial charge < -0.3 is 9.47 Å². The number of hydrogen-bond acceptors (Lipinski definition) is 2. The number of aromatic nitrogens is 2. The SMILES string of the molecule is Cc1cccc(C2=CC3=c4cc(-c5cccc(C)c5)c5cc4N(c4cc(C)cc(-n6c7ccc(-c8cccc(C)c8)cc7c7cc(-c8cccc(C)c8)ccc76)c4-c4cc(nc(-c6ccccc6)c4)P=5)C3C=C2)c1. The second-order valence-corrected chi connectivity index (χ2v) is 21.8. The summed E-state index contributed by atoms with van der Waals surface area (Å²) in [5.41, 5.74) is 28.5. The van der Waals surface area contributed by atoms with Crippen LogP contribution in [0.25, 0.3) is 94.4 Å². The van der Waals surface area contributed by atoms with Gasteiger partial charge >= 0.3 is 0 Å². The highest BCUT2D eigenvalue weighted by Gasteiger charge is 2.35. The van der Waals surface area contributed by atoms with Crippen LogP contribution < -0.4 is 15.6 Å². The molecule has 1 unspecified atom stereocenters. The molecule has 3 aliphatic rings. The van der Waals surface area contributed by atoms with Crippen LogP contribution in [0.2, 0.25) is 0 Å². The van der Waals surface area contributed by atoms with E-state index in [2.05, 4.69) is 263 Å². The molecule has 11 aromatic rings. The minimum absolute atomic E-state index is 0.0505. The summed E-state index contributed by atoms with van der Waals surface area (Å²) in [7, 11) is 1.04. The monoisotopic (exact) mass is 965 g/mol. The van der Waals surface area contributed by atoms with Gasteiger partial charge in [-0.3, -0.25) is 0 Å². The van der Waals surface area contributed by atoms with Crippen LogP contribution in [-0.4, -0.2) is 15.6 Å². The van der Waals surface area contributed by atoms with Gasteiger partial charge in [0.1, 0.15) is 0 Å². The predicted octanol–water partition coefficient (Wildman–Crippen LogP) is 17.2. The molecular formula is C70H52N3P. The van der Waals surface area contributed by atoms with Gasteiger partial charge in [-0.15, -0.1) is 0 Å². The summed E-state index contributed by atoms with van der Waals surface area (Å²) in [5, 5.41) is 3.71. The number of hydrogen-bond donors (Lipinski definition) is 0. The first-order valence-corrected chi connectivity index (χ1v) is 26.6. The molecule has 0 spiro atoms. The van der Waals surface area contributed by atoms with Gasteiger partial charge in [-0.2, -0.15) is 0 Å². The summed E-state index contributed by atoms with van der Waals surface area (Å²) in [5.74, 6) is 0. The summed E-state index contributed by atoms with van der Waals surface area (Å²) >= 11 is 0. The molecule has 3 nitrogen and oxygen atoms in total. The lowest BCUT2D eigenvalue weighted by molar-refractivity contribution is 0.984. The van der Waals surface area contributed by atoms with Crippen molar-refractivity contribution in [3.8, 4) is 61.5 Å². The van der Waals surface area contributed by atoms with Crippen LogP contribution in [0.5, 0.6) is 0 Å². The predicted molar refractivity (Wildman–Crippen MR) is 314 cm³/mol.